The Bertz CT molecular complexity index is 1080. The molecule has 7 heteroatoms. The molecular weight excluding hydrogens is 436 g/mol. The first kappa shape index (κ1) is 23.4. The van der Waals surface area contributed by atoms with Crippen molar-refractivity contribution in [3.8, 4) is 17.2 Å². The number of amides is 1. The van der Waals surface area contributed by atoms with E-state index in [4.69, 9.17) is 14.2 Å². The standard InChI is InChI=1S/C26H32N2O4S/c1-5-6-11-31-22-13-23-26(33-16-27-23)24(14-22)32-18(3)20-12-25(29)28(15-20)17(2)19-7-9-21(30-4)10-8-19/h7-10,13-14,16-18,20H,5-6,11-12,15H2,1-4H3/t17-,18-,20-/m1/s1. The van der Waals surface area contributed by atoms with Gasteiger partial charge >= 0.3 is 0 Å². The number of aromatic nitrogens is 1. The molecule has 1 saturated heterocycles. The van der Waals surface area contributed by atoms with Crippen LogP contribution < -0.4 is 14.2 Å². The van der Waals surface area contributed by atoms with E-state index in [-0.39, 0.29) is 24.0 Å². The molecule has 6 nitrogen and oxygen atoms in total. The van der Waals surface area contributed by atoms with Gasteiger partial charge in [0.15, 0.2) is 0 Å². The number of methoxy groups -OCH3 is 1. The largest absolute Gasteiger partial charge is 0.497 e. The van der Waals surface area contributed by atoms with Crippen molar-refractivity contribution in [2.45, 2.75) is 52.2 Å². The Morgan fingerprint density at radius 3 is 2.70 bits per heavy atom. The lowest BCUT2D eigenvalue weighted by Gasteiger charge is -2.27. The fourth-order valence-corrected chi connectivity index (χ4v) is 4.95. The number of benzene rings is 2. The van der Waals surface area contributed by atoms with Crippen molar-refractivity contribution in [3.63, 3.8) is 0 Å². The van der Waals surface area contributed by atoms with Crippen molar-refractivity contribution in [2.75, 3.05) is 20.3 Å². The van der Waals surface area contributed by atoms with E-state index in [1.807, 2.05) is 46.8 Å². The number of rotatable bonds is 10. The molecule has 1 amide bonds. The van der Waals surface area contributed by atoms with Crippen molar-refractivity contribution in [1.29, 1.82) is 0 Å². The first-order chi connectivity index (χ1) is 16.0. The third kappa shape index (κ3) is 5.24. The molecule has 0 bridgehead atoms. The van der Waals surface area contributed by atoms with Gasteiger partial charge in [-0.3, -0.25) is 4.79 Å². The second-order valence-electron chi connectivity index (χ2n) is 8.61. The monoisotopic (exact) mass is 468 g/mol. The van der Waals surface area contributed by atoms with Crippen LogP contribution in [0, 0.1) is 5.92 Å². The lowest BCUT2D eigenvalue weighted by molar-refractivity contribution is -0.129. The van der Waals surface area contributed by atoms with Crippen LogP contribution in [0.25, 0.3) is 10.2 Å². The van der Waals surface area contributed by atoms with Gasteiger partial charge in [0.1, 0.15) is 23.4 Å². The van der Waals surface area contributed by atoms with E-state index in [0.717, 1.165) is 45.9 Å². The molecule has 0 radical (unpaired) electrons. The summed E-state index contributed by atoms with van der Waals surface area (Å²) in [6.07, 6.45) is 2.47. The molecule has 3 aromatic rings. The van der Waals surface area contributed by atoms with Gasteiger partial charge in [0.25, 0.3) is 0 Å². The van der Waals surface area contributed by atoms with Crippen LogP contribution in [0.5, 0.6) is 17.2 Å². The van der Waals surface area contributed by atoms with Gasteiger partial charge in [-0.05, 0) is 38.0 Å². The Balaban J connectivity index is 1.45. The average Bonchev–Trinajstić information content (AvgIpc) is 3.45. The number of fused-ring (bicyclic) bond motifs is 1. The molecule has 2 aromatic carbocycles. The maximum Gasteiger partial charge on any atom is 0.223 e. The fraction of sp³-hybridized carbons (Fsp3) is 0.462. The minimum Gasteiger partial charge on any atom is -0.497 e. The van der Waals surface area contributed by atoms with Crippen LogP contribution in [0.2, 0.25) is 0 Å². The van der Waals surface area contributed by atoms with E-state index in [1.165, 1.54) is 0 Å². The highest BCUT2D eigenvalue weighted by Crippen LogP contribution is 2.37. The second kappa shape index (κ2) is 10.4. The Labute approximate surface area is 199 Å². The maximum atomic E-state index is 12.9. The van der Waals surface area contributed by atoms with Crippen LogP contribution in [0.1, 0.15) is 51.6 Å². The summed E-state index contributed by atoms with van der Waals surface area (Å²) < 4.78 is 18.6. The Morgan fingerprint density at radius 1 is 1.18 bits per heavy atom. The van der Waals surface area contributed by atoms with E-state index in [2.05, 4.69) is 25.8 Å². The summed E-state index contributed by atoms with van der Waals surface area (Å²) in [5.41, 5.74) is 3.81. The van der Waals surface area contributed by atoms with Crippen LogP contribution in [0.15, 0.2) is 41.9 Å². The van der Waals surface area contributed by atoms with Gasteiger partial charge in [-0.15, -0.1) is 11.3 Å². The van der Waals surface area contributed by atoms with E-state index in [1.54, 1.807) is 18.4 Å². The Morgan fingerprint density at radius 2 is 1.97 bits per heavy atom. The molecule has 0 N–H and O–H groups in total. The lowest BCUT2D eigenvalue weighted by atomic mass is 10.0. The van der Waals surface area contributed by atoms with E-state index < -0.39 is 0 Å². The summed E-state index contributed by atoms with van der Waals surface area (Å²) in [5.74, 6) is 2.66. The topological polar surface area (TPSA) is 60.9 Å². The van der Waals surface area contributed by atoms with Gasteiger partial charge in [-0.25, -0.2) is 4.98 Å². The summed E-state index contributed by atoms with van der Waals surface area (Å²) >= 11 is 1.56. The zero-order valence-corrected chi connectivity index (χ0v) is 20.6. The van der Waals surface area contributed by atoms with E-state index >= 15 is 0 Å². The molecule has 33 heavy (non-hydrogen) atoms. The highest BCUT2D eigenvalue weighted by atomic mass is 32.1. The molecule has 176 valence electrons. The summed E-state index contributed by atoms with van der Waals surface area (Å²) in [7, 11) is 1.65. The number of carbonyl (C=O) groups excluding carboxylic acids is 1. The summed E-state index contributed by atoms with van der Waals surface area (Å²) in [4.78, 5) is 19.3. The van der Waals surface area contributed by atoms with Gasteiger partial charge in [-0.1, -0.05) is 25.5 Å². The molecule has 3 atom stereocenters. The maximum absolute atomic E-state index is 12.9. The highest BCUT2D eigenvalue weighted by Gasteiger charge is 2.37. The zero-order chi connectivity index (χ0) is 23.4. The molecule has 1 aliphatic heterocycles. The normalized spacial score (nSPS) is 17.9. The minimum atomic E-state index is -0.113. The zero-order valence-electron chi connectivity index (χ0n) is 19.7. The number of ether oxygens (including phenoxy) is 3. The quantitative estimate of drug-likeness (QED) is 0.349. The molecule has 2 heterocycles. The smallest absolute Gasteiger partial charge is 0.223 e. The van der Waals surface area contributed by atoms with E-state index in [0.29, 0.717) is 19.6 Å². The highest BCUT2D eigenvalue weighted by molar-refractivity contribution is 7.17. The third-order valence-corrected chi connectivity index (χ3v) is 7.23. The molecule has 4 rings (SSSR count). The summed E-state index contributed by atoms with van der Waals surface area (Å²) in [6, 6.07) is 11.8. The van der Waals surface area contributed by atoms with Crippen LogP contribution in [-0.2, 0) is 4.79 Å². The van der Waals surface area contributed by atoms with Gasteiger partial charge in [0.2, 0.25) is 5.91 Å². The number of hydrogen-bond donors (Lipinski definition) is 0. The third-order valence-electron chi connectivity index (χ3n) is 6.37. The predicted molar refractivity (Wildman–Crippen MR) is 131 cm³/mol. The van der Waals surface area contributed by atoms with Crippen molar-refractivity contribution in [2.24, 2.45) is 5.92 Å². The molecule has 1 aromatic heterocycles. The molecule has 0 aliphatic carbocycles. The van der Waals surface area contributed by atoms with E-state index in [9.17, 15) is 4.79 Å². The minimum absolute atomic E-state index is 0.00380. The molecule has 1 aliphatic rings. The fourth-order valence-electron chi connectivity index (χ4n) is 4.23. The molecular formula is C26H32N2O4S. The molecule has 0 spiro atoms. The number of nitrogens with zero attached hydrogens (tertiary/aromatic N) is 2. The predicted octanol–water partition coefficient (Wildman–Crippen LogP) is 5.86. The van der Waals surface area contributed by atoms with Gasteiger partial charge in [-0.2, -0.15) is 0 Å². The number of thiazole rings is 1. The second-order valence-corrected chi connectivity index (χ2v) is 9.46. The van der Waals surface area contributed by atoms with Crippen LogP contribution in [0.3, 0.4) is 0 Å². The number of carbonyl (C=O) groups is 1. The number of likely N-dealkylation sites (tertiary alicyclic amines) is 1. The molecule has 0 unspecified atom stereocenters. The average molecular weight is 469 g/mol. The summed E-state index contributed by atoms with van der Waals surface area (Å²) in [6.45, 7) is 7.62. The van der Waals surface area contributed by atoms with Crippen LogP contribution >= 0.6 is 11.3 Å². The van der Waals surface area contributed by atoms with Gasteiger partial charge in [0, 0.05) is 31.0 Å². The van der Waals surface area contributed by atoms with Crippen LogP contribution in [-0.4, -0.2) is 42.2 Å². The van der Waals surface area contributed by atoms with Crippen molar-refractivity contribution < 1.29 is 19.0 Å². The first-order valence-corrected chi connectivity index (χ1v) is 12.5. The lowest BCUT2D eigenvalue weighted by Crippen LogP contribution is -2.31. The van der Waals surface area contributed by atoms with Crippen molar-refractivity contribution in [3.05, 3.63) is 47.5 Å². The SMILES string of the molecule is CCCCOc1cc(O[C@H](C)[C@@H]2CC(=O)N([C@H](C)c3ccc(OC)cc3)C2)c2scnc2c1. The Hall–Kier alpha value is -2.80. The first-order valence-electron chi connectivity index (χ1n) is 11.6. The van der Waals surface area contributed by atoms with Gasteiger partial charge < -0.3 is 19.1 Å². The Kier molecular flexibility index (Phi) is 7.38. The van der Waals surface area contributed by atoms with Crippen molar-refractivity contribution in [1.82, 2.24) is 9.88 Å². The molecule has 1 fully saturated rings. The van der Waals surface area contributed by atoms with Crippen molar-refractivity contribution >= 4 is 27.5 Å². The van der Waals surface area contributed by atoms with Crippen LogP contribution in [0.4, 0.5) is 0 Å². The molecule has 0 saturated carbocycles. The van der Waals surface area contributed by atoms with Gasteiger partial charge in [0.05, 0.1) is 35.5 Å². The number of hydrogen-bond acceptors (Lipinski definition) is 6. The number of unbranched alkanes of at least 4 members (excludes halogenated alkanes) is 1. The summed E-state index contributed by atoms with van der Waals surface area (Å²) in [5, 5.41) is 0.